The topological polar surface area (TPSA) is 43.4 Å². The number of carbonyl (C=O) groups is 2. The molecule has 0 heterocycles. The number of carbonyl (C=O) groups excluding carboxylic acids is 2. The fourth-order valence-electron chi connectivity index (χ4n) is 7.24. The first-order valence-electron chi connectivity index (χ1n) is 11.2. The van der Waals surface area contributed by atoms with Crippen LogP contribution in [-0.2, 0) is 14.3 Å². The Morgan fingerprint density at radius 3 is 2.63 bits per heavy atom. The fourth-order valence-corrected chi connectivity index (χ4v) is 7.24. The van der Waals surface area contributed by atoms with E-state index in [4.69, 9.17) is 4.74 Å². The van der Waals surface area contributed by atoms with E-state index in [1.807, 2.05) is 6.08 Å². The van der Waals surface area contributed by atoms with Crippen molar-refractivity contribution in [1.82, 2.24) is 0 Å². The van der Waals surface area contributed by atoms with Gasteiger partial charge in [-0.15, -0.1) is 0 Å². The van der Waals surface area contributed by atoms with Crippen molar-refractivity contribution < 1.29 is 14.3 Å². The summed E-state index contributed by atoms with van der Waals surface area (Å²) in [6, 6.07) is 0. The van der Waals surface area contributed by atoms with Crippen molar-refractivity contribution in [3.05, 3.63) is 11.6 Å². The van der Waals surface area contributed by atoms with Crippen molar-refractivity contribution in [1.29, 1.82) is 0 Å². The van der Waals surface area contributed by atoms with E-state index in [0.29, 0.717) is 30.0 Å². The van der Waals surface area contributed by atoms with Gasteiger partial charge in [-0.1, -0.05) is 33.3 Å². The molecule has 3 saturated carbocycles. The van der Waals surface area contributed by atoms with E-state index in [2.05, 4.69) is 27.7 Å². The van der Waals surface area contributed by atoms with Crippen LogP contribution in [0.15, 0.2) is 11.6 Å². The van der Waals surface area contributed by atoms with Gasteiger partial charge in [0.25, 0.3) is 0 Å². The highest BCUT2D eigenvalue weighted by Gasteiger charge is 2.59. The lowest BCUT2D eigenvalue weighted by atomic mass is 9.47. The predicted molar refractivity (Wildman–Crippen MR) is 106 cm³/mol. The average Bonchev–Trinajstić information content (AvgIpc) is 2.91. The second-order valence-electron chi connectivity index (χ2n) is 10.7. The molecule has 4 aliphatic rings. The van der Waals surface area contributed by atoms with Gasteiger partial charge in [0.15, 0.2) is 5.78 Å². The summed E-state index contributed by atoms with van der Waals surface area (Å²) in [6.45, 7) is 8.98. The number of hydrogen-bond donors (Lipinski definition) is 0. The third-order valence-corrected chi connectivity index (χ3v) is 8.72. The molecule has 3 heteroatoms. The van der Waals surface area contributed by atoms with Crippen LogP contribution >= 0.6 is 0 Å². The lowest BCUT2D eigenvalue weighted by Gasteiger charge is -2.57. The molecule has 0 bridgehead atoms. The summed E-state index contributed by atoms with van der Waals surface area (Å²) >= 11 is 0. The lowest BCUT2D eigenvalue weighted by molar-refractivity contribution is -0.160. The molecule has 0 unspecified atom stereocenters. The molecule has 0 aromatic heterocycles. The van der Waals surface area contributed by atoms with Gasteiger partial charge >= 0.3 is 5.97 Å². The SMILES string of the molecule is CC(C)CC(=O)O[C@H]1CC[C@H]2[C@@H]3CCC4=CC(=O)CC[C@]4(C)[C@H]3CC[C@]12C. The van der Waals surface area contributed by atoms with Crippen LogP contribution in [0.4, 0.5) is 0 Å². The number of ketones is 1. The maximum atomic E-state index is 12.3. The van der Waals surface area contributed by atoms with Gasteiger partial charge in [-0.3, -0.25) is 9.59 Å². The minimum atomic E-state index is -0.00869. The van der Waals surface area contributed by atoms with Crippen molar-refractivity contribution in [2.45, 2.75) is 91.6 Å². The first-order valence-corrected chi connectivity index (χ1v) is 11.2. The van der Waals surface area contributed by atoms with E-state index in [1.165, 1.54) is 24.8 Å². The molecular weight excluding hydrogens is 336 g/mol. The molecule has 0 radical (unpaired) electrons. The van der Waals surface area contributed by atoms with Gasteiger partial charge in [-0.25, -0.2) is 0 Å². The zero-order valence-corrected chi connectivity index (χ0v) is 17.6. The number of fused-ring (bicyclic) bond motifs is 5. The number of rotatable bonds is 3. The molecule has 0 aromatic carbocycles. The van der Waals surface area contributed by atoms with Crippen LogP contribution in [-0.4, -0.2) is 17.9 Å². The summed E-state index contributed by atoms with van der Waals surface area (Å²) in [5.74, 6) is 2.78. The molecule has 4 rings (SSSR count). The standard InChI is InChI=1S/C24H36O3/c1-15(2)13-22(26)27-21-8-7-19-18-6-5-16-14-17(25)9-11-23(16,3)20(18)10-12-24(19,21)4/h14-15,18-21H,5-13H2,1-4H3/t18-,19-,20-,21-,23-,24-/m0/s1. The third kappa shape index (κ3) is 3.09. The van der Waals surface area contributed by atoms with Crippen LogP contribution in [0.5, 0.6) is 0 Å². The smallest absolute Gasteiger partial charge is 0.306 e. The summed E-state index contributed by atoms with van der Waals surface area (Å²) in [4.78, 5) is 24.3. The van der Waals surface area contributed by atoms with E-state index in [9.17, 15) is 9.59 Å². The average molecular weight is 373 g/mol. The first kappa shape index (κ1) is 19.2. The lowest BCUT2D eigenvalue weighted by Crippen LogP contribution is -2.51. The largest absolute Gasteiger partial charge is 0.462 e. The van der Waals surface area contributed by atoms with Crippen molar-refractivity contribution >= 4 is 11.8 Å². The Labute approximate surface area is 164 Å². The van der Waals surface area contributed by atoms with Crippen LogP contribution < -0.4 is 0 Å². The zero-order chi connectivity index (χ0) is 19.4. The Kier molecular flexibility index (Phi) is 4.79. The third-order valence-electron chi connectivity index (χ3n) is 8.72. The fraction of sp³-hybridized carbons (Fsp3) is 0.833. The maximum absolute atomic E-state index is 12.3. The van der Waals surface area contributed by atoms with Gasteiger partial charge in [0.2, 0.25) is 0 Å². The highest BCUT2D eigenvalue weighted by Crippen LogP contribution is 2.65. The molecule has 0 aromatic rings. The van der Waals surface area contributed by atoms with Crippen molar-refractivity contribution in [2.24, 2.45) is 34.5 Å². The summed E-state index contributed by atoms with van der Waals surface area (Å²) < 4.78 is 6.03. The minimum absolute atomic E-state index is 0.00869. The Morgan fingerprint density at radius 1 is 1.11 bits per heavy atom. The first-order chi connectivity index (χ1) is 12.7. The molecule has 0 N–H and O–H groups in total. The van der Waals surface area contributed by atoms with E-state index in [0.717, 1.165) is 38.0 Å². The second-order valence-corrected chi connectivity index (χ2v) is 10.7. The van der Waals surface area contributed by atoms with Crippen molar-refractivity contribution in [3.63, 3.8) is 0 Å². The second kappa shape index (κ2) is 6.74. The van der Waals surface area contributed by atoms with E-state index in [-0.39, 0.29) is 22.9 Å². The van der Waals surface area contributed by atoms with E-state index < -0.39 is 0 Å². The number of allylic oxidation sites excluding steroid dienone is 1. The highest BCUT2D eigenvalue weighted by atomic mass is 16.5. The number of hydrogen-bond acceptors (Lipinski definition) is 3. The van der Waals surface area contributed by atoms with Gasteiger partial charge in [0, 0.05) is 18.3 Å². The molecule has 0 aliphatic heterocycles. The molecule has 0 spiro atoms. The maximum Gasteiger partial charge on any atom is 0.306 e. The van der Waals surface area contributed by atoms with Gasteiger partial charge in [0.05, 0.1) is 0 Å². The monoisotopic (exact) mass is 372 g/mol. The Balaban J connectivity index is 1.53. The molecule has 0 amide bonds. The summed E-state index contributed by atoms with van der Waals surface area (Å²) in [6.07, 6.45) is 11.3. The molecule has 0 saturated heterocycles. The Hall–Kier alpha value is -1.12. The van der Waals surface area contributed by atoms with Crippen LogP contribution in [0.25, 0.3) is 0 Å². The van der Waals surface area contributed by atoms with E-state index >= 15 is 0 Å². The molecule has 3 nitrogen and oxygen atoms in total. The van der Waals surface area contributed by atoms with Crippen LogP contribution in [0.1, 0.15) is 85.5 Å². The molecule has 4 aliphatic carbocycles. The normalized spacial score (nSPS) is 43.6. The van der Waals surface area contributed by atoms with Gasteiger partial charge < -0.3 is 4.74 Å². The Bertz CT molecular complexity index is 663. The molecule has 3 fully saturated rings. The Morgan fingerprint density at radius 2 is 1.89 bits per heavy atom. The molecular formula is C24H36O3. The number of ether oxygens (including phenoxy) is 1. The van der Waals surface area contributed by atoms with Gasteiger partial charge in [-0.05, 0) is 80.1 Å². The summed E-state index contributed by atoms with van der Waals surface area (Å²) in [7, 11) is 0. The van der Waals surface area contributed by atoms with Crippen LogP contribution in [0.3, 0.4) is 0 Å². The van der Waals surface area contributed by atoms with Crippen molar-refractivity contribution in [3.8, 4) is 0 Å². The van der Waals surface area contributed by atoms with E-state index in [1.54, 1.807) is 0 Å². The molecule has 150 valence electrons. The highest BCUT2D eigenvalue weighted by molar-refractivity contribution is 5.91. The minimum Gasteiger partial charge on any atom is -0.462 e. The van der Waals surface area contributed by atoms with Gasteiger partial charge in [0.1, 0.15) is 6.10 Å². The molecule has 27 heavy (non-hydrogen) atoms. The summed E-state index contributed by atoms with van der Waals surface area (Å²) in [5.41, 5.74) is 1.81. The number of esters is 1. The predicted octanol–water partition coefficient (Wildman–Crippen LogP) is 5.48. The van der Waals surface area contributed by atoms with Crippen LogP contribution in [0.2, 0.25) is 0 Å². The van der Waals surface area contributed by atoms with Gasteiger partial charge in [-0.2, -0.15) is 0 Å². The summed E-state index contributed by atoms with van der Waals surface area (Å²) in [5, 5.41) is 0. The van der Waals surface area contributed by atoms with Crippen LogP contribution in [0, 0.1) is 34.5 Å². The zero-order valence-electron chi connectivity index (χ0n) is 17.6. The molecule has 6 atom stereocenters. The quantitative estimate of drug-likeness (QED) is 0.616. The van der Waals surface area contributed by atoms with Crippen molar-refractivity contribution in [2.75, 3.05) is 0 Å².